The van der Waals surface area contributed by atoms with Crippen molar-refractivity contribution < 1.29 is 13.9 Å². The number of non-ortho nitro benzene ring substituents is 1. The van der Waals surface area contributed by atoms with E-state index in [-0.39, 0.29) is 5.69 Å². The molecular weight excluding hydrogens is 296 g/mol. The molecule has 21 heavy (non-hydrogen) atoms. The molecule has 1 aliphatic heterocycles. The molecule has 2 N–H and O–H groups in total. The molecule has 8 nitrogen and oxygen atoms in total. The molecule has 2 rings (SSSR count). The Balaban J connectivity index is 1.87. The van der Waals surface area contributed by atoms with E-state index < -0.39 is 21.9 Å². The Hall–Kier alpha value is -2.00. The molecule has 0 saturated carbocycles. The van der Waals surface area contributed by atoms with Gasteiger partial charge >= 0.3 is 6.03 Å². The van der Waals surface area contributed by atoms with Gasteiger partial charge in [-0.1, -0.05) is 6.42 Å². The molecule has 1 atom stereocenters. The summed E-state index contributed by atoms with van der Waals surface area (Å²) in [6, 6.07) is 4.66. The summed E-state index contributed by atoms with van der Waals surface area (Å²) in [7, 11) is -1.75. The highest BCUT2D eigenvalue weighted by Crippen LogP contribution is 2.13. The summed E-state index contributed by atoms with van der Waals surface area (Å²) in [5, 5.41) is 12.3. The van der Waals surface area contributed by atoms with Crippen LogP contribution in [0.4, 0.5) is 10.5 Å². The summed E-state index contributed by atoms with van der Waals surface area (Å²) in [6.07, 6.45) is 3.19. The van der Waals surface area contributed by atoms with Gasteiger partial charge in [0, 0.05) is 25.2 Å². The van der Waals surface area contributed by atoms with E-state index in [2.05, 4.69) is 10.1 Å². The molecule has 1 aromatic carbocycles. The summed E-state index contributed by atoms with van der Waals surface area (Å²) >= 11 is 0. The predicted molar refractivity (Wildman–Crippen MR) is 76.6 cm³/mol. The molecule has 0 bridgehead atoms. The van der Waals surface area contributed by atoms with Crippen molar-refractivity contribution in [3.8, 4) is 0 Å². The summed E-state index contributed by atoms with van der Waals surface area (Å²) < 4.78 is 14.2. The Bertz CT molecular complexity index is 543. The maximum atomic E-state index is 11.9. The summed E-state index contributed by atoms with van der Waals surface area (Å²) in [5.74, 6) is 0. The van der Waals surface area contributed by atoms with E-state index in [1.807, 2.05) is 0 Å². The topological polar surface area (TPSA) is 105 Å². The van der Waals surface area contributed by atoms with Crippen molar-refractivity contribution >= 4 is 22.7 Å². The standard InChI is InChI=1S/C12H16N4O4S/c17-12(13-15-8-2-1-3-9-15)14-21(20)11-6-4-10(5-7-11)16(18)19/h4-7H,1-3,8-9H2,(H2,13,14,17). The molecule has 1 heterocycles. The third-order valence-electron chi connectivity index (χ3n) is 3.06. The number of rotatable bonds is 4. The molecular formula is C12H16N4O4S. The van der Waals surface area contributed by atoms with E-state index in [1.54, 1.807) is 5.01 Å². The normalized spacial score (nSPS) is 17.0. The average molecular weight is 312 g/mol. The highest BCUT2D eigenvalue weighted by molar-refractivity contribution is 7.83. The highest BCUT2D eigenvalue weighted by atomic mass is 32.2. The number of amides is 2. The third-order valence-corrected chi connectivity index (χ3v) is 4.13. The number of hydrazine groups is 1. The predicted octanol–water partition coefficient (Wildman–Crippen LogP) is 1.32. The van der Waals surface area contributed by atoms with Crippen LogP contribution in [0.15, 0.2) is 29.2 Å². The maximum Gasteiger partial charge on any atom is 0.341 e. The second kappa shape index (κ2) is 7.14. The number of nitro benzene ring substituents is 1. The monoisotopic (exact) mass is 312 g/mol. The Morgan fingerprint density at radius 3 is 2.38 bits per heavy atom. The first-order valence-electron chi connectivity index (χ1n) is 6.55. The number of nitrogens with zero attached hydrogens (tertiary/aromatic N) is 2. The minimum absolute atomic E-state index is 0.0893. The van der Waals surface area contributed by atoms with Crippen LogP contribution in [0.2, 0.25) is 0 Å². The molecule has 0 aromatic heterocycles. The SMILES string of the molecule is O=C(NN1CCCCC1)NS(=O)c1ccc([N+](=O)[O-])cc1. The fourth-order valence-electron chi connectivity index (χ4n) is 2.01. The lowest BCUT2D eigenvalue weighted by molar-refractivity contribution is -0.384. The van der Waals surface area contributed by atoms with E-state index in [0.29, 0.717) is 4.90 Å². The van der Waals surface area contributed by atoms with Gasteiger partial charge in [-0.25, -0.2) is 14.0 Å². The maximum absolute atomic E-state index is 11.9. The van der Waals surface area contributed by atoms with Gasteiger partial charge in [0.1, 0.15) is 0 Å². The number of carbonyl (C=O) groups is 1. The van der Waals surface area contributed by atoms with E-state index >= 15 is 0 Å². The average Bonchev–Trinajstić information content (AvgIpc) is 2.48. The van der Waals surface area contributed by atoms with Gasteiger partial charge in [-0.15, -0.1) is 0 Å². The first-order valence-corrected chi connectivity index (χ1v) is 7.70. The van der Waals surface area contributed by atoms with Crippen LogP contribution < -0.4 is 10.1 Å². The van der Waals surface area contributed by atoms with Crippen LogP contribution in [0.3, 0.4) is 0 Å². The number of urea groups is 1. The Kier molecular flexibility index (Phi) is 5.23. The van der Waals surface area contributed by atoms with Gasteiger partial charge < -0.3 is 0 Å². The van der Waals surface area contributed by atoms with Crippen LogP contribution in [0.25, 0.3) is 0 Å². The van der Waals surface area contributed by atoms with Gasteiger partial charge in [0.25, 0.3) is 5.69 Å². The zero-order valence-corrected chi connectivity index (χ0v) is 12.1. The molecule has 9 heteroatoms. The van der Waals surface area contributed by atoms with Crippen LogP contribution in [-0.2, 0) is 11.0 Å². The minimum atomic E-state index is -1.75. The molecule has 0 radical (unpaired) electrons. The first kappa shape index (κ1) is 15.4. The van der Waals surface area contributed by atoms with Crippen molar-refractivity contribution in [2.24, 2.45) is 0 Å². The summed E-state index contributed by atoms with van der Waals surface area (Å²) in [5.41, 5.74) is 2.54. The molecule has 0 aliphatic carbocycles. The molecule has 1 unspecified atom stereocenters. The Morgan fingerprint density at radius 1 is 1.19 bits per heavy atom. The summed E-state index contributed by atoms with van der Waals surface area (Å²) in [4.78, 5) is 22.0. The zero-order valence-electron chi connectivity index (χ0n) is 11.3. The van der Waals surface area contributed by atoms with E-state index in [1.165, 1.54) is 24.3 Å². The summed E-state index contributed by atoms with van der Waals surface area (Å²) in [6.45, 7) is 1.55. The van der Waals surface area contributed by atoms with Gasteiger partial charge in [0.2, 0.25) is 0 Å². The van der Waals surface area contributed by atoms with Crippen LogP contribution >= 0.6 is 0 Å². The number of nitrogens with one attached hydrogen (secondary N) is 2. The lowest BCUT2D eigenvalue weighted by Gasteiger charge is -2.26. The van der Waals surface area contributed by atoms with Gasteiger partial charge in [-0.2, -0.15) is 0 Å². The fraction of sp³-hybridized carbons (Fsp3) is 0.417. The quantitative estimate of drug-likeness (QED) is 0.644. The molecule has 1 aliphatic rings. The largest absolute Gasteiger partial charge is 0.341 e. The Labute approximate surface area is 124 Å². The lowest BCUT2D eigenvalue weighted by atomic mass is 10.2. The van der Waals surface area contributed by atoms with Crippen LogP contribution in [0.1, 0.15) is 19.3 Å². The van der Waals surface area contributed by atoms with Crippen molar-refractivity contribution in [2.45, 2.75) is 24.2 Å². The minimum Gasteiger partial charge on any atom is -0.270 e. The second-order valence-corrected chi connectivity index (χ2v) is 5.82. The number of hydrogen-bond acceptors (Lipinski definition) is 5. The van der Waals surface area contributed by atoms with E-state index in [4.69, 9.17) is 0 Å². The van der Waals surface area contributed by atoms with Crippen LogP contribution in [0, 0.1) is 10.1 Å². The van der Waals surface area contributed by atoms with Gasteiger partial charge in [-0.3, -0.25) is 20.3 Å². The molecule has 1 fully saturated rings. The van der Waals surface area contributed by atoms with Crippen molar-refractivity contribution in [2.75, 3.05) is 13.1 Å². The number of hydrogen-bond donors (Lipinski definition) is 2. The van der Waals surface area contributed by atoms with Crippen LogP contribution in [0.5, 0.6) is 0 Å². The first-order chi connectivity index (χ1) is 10.1. The number of piperidine rings is 1. The van der Waals surface area contributed by atoms with E-state index in [9.17, 15) is 19.1 Å². The van der Waals surface area contributed by atoms with Crippen LogP contribution in [-0.4, -0.2) is 33.3 Å². The van der Waals surface area contributed by atoms with Crippen molar-refractivity contribution in [1.29, 1.82) is 0 Å². The molecule has 114 valence electrons. The molecule has 1 saturated heterocycles. The van der Waals surface area contributed by atoms with E-state index in [0.717, 1.165) is 32.4 Å². The van der Waals surface area contributed by atoms with Gasteiger partial charge in [0.05, 0.1) is 9.82 Å². The van der Waals surface area contributed by atoms with Crippen molar-refractivity contribution in [1.82, 2.24) is 15.2 Å². The molecule has 0 spiro atoms. The van der Waals surface area contributed by atoms with Gasteiger partial charge in [-0.05, 0) is 25.0 Å². The number of nitro groups is 1. The van der Waals surface area contributed by atoms with Crippen molar-refractivity contribution in [3.63, 3.8) is 0 Å². The fourth-order valence-corrected chi connectivity index (χ4v) is 2.72. The number of benzene rings is 1. The second-order valence-electron chi connectivity index (χ2n) is 4.61. The van der Waals surface area contributed by atoms with Crippen molar-refractivity contribution in [3.05, 3.63) is 34.4 Å². The molecule has 2 amide bonds. The zero-order chi connectivity index (χ0) is 15.2. The number of carbonyl (C=O) groups excluding carboxylic acids is 1. The van der Waals surface area contributed by atoms with Gasteiger partial charge in [0.15, 0.2) is 11.0 Å². The highest BCUT2D eigenvalue weighted by Gasteiger charge is 2.15. The lowest BCUT2D eigenvalue weighted by Crippen LogP contribution is -2.49. The smallest absolute Gasteiger partial charge is 0.270 e. The molecule has 1 aromatic rings. The third kappa shape index (κ3) is 4.50. The Morgan fingerprint density at radius 2 is 1.81 bits per heavy atom.